The lowest BCUT2D eigenvalue weighted by Crippen LogP contribution is -2.51. The molecule has 6 heteroatoms. The Morgan fingerprint density at radius 1 is 1.17 bits per heavy atom. The number of nitriles is 1. The monoisotopic (exact) mass is 313 g/mol. The predicted molar refractivity (Wildman–Crippen MR) is 87.9 cm³/mol. The van der Waals surface area contributed by atoms with Crippen molar-refractivity contribution in [2.45, 2.75) is 31.7 Å². The van der Waals surface area contributed by atoms with Crippen molar-refractivity contribution in [2.75, 3.05) is 31.1 Å². The Balaban J connectivity index is 1.44. The highest BCUT2D eigenvalue weighted by Gasteiger charge is 2.26. The average molecular weight is 313 g/mol. The maximum atomic E-state index is 12.3. The van der Waals surface area contributed by atoms with Gasteiger partial charge in [0, 0.05) is 44.3 Å². The van der Waals surface area contributed by atoms with Crippen LogP contribution in [0.15, 0.2) is 24.4 Å². The molecule has 0 unspecified atom stereocenters. The average Bonchev–Trinajstić information content (AvgIpc) is 2.63. The van der Waals surface area contributed by atoms with Gasteiger partial charge in [-0.3, -0.25) is 0 Å². The summed E-state index contributed by atoms with van der Waals surface area (Å²) in [6.45, 7) is 3.21. The van der Waals surface area contributed by atoms with E-state index >= 15 is 0 Å². The molecule has 0 radical (unpaired) electrons. The fraction of sp³-hybridized carbons (Fsp3) is 0.588. The Bertz CT molecular complexity index is 554. The van der Waals surface area contributed by atoms with Crippen molar-refractivity contribution in [3.63, 3.8) is 0 Å². The smallest absolute Gasteiger partial charge is 0.317 e. The van der Waals surface area contributed by atoms with Crippen LogP contribution in [-0.4, -0.2) is 48.1 Å². The van der Waals surface area contributed by atoms with Crippen molar-refractivity contribution < 1.29 is 4.79 Å². The number of hydrogen-bond donors (Lipinski definition) is 1. The van der Waals surface area contributed by atoms with Crippen molar-refractivity contribution in [3.05, 3.63) is 24.4 Å². The van der Waals surface area contributed by atoms with Crippen LogP contribution in [0.1, 0.15) is 25.7 Å². The third kappa shape index (κ3) is 3.92. The number of pyridine rings is 1. The van der Waals surface area contributed by atoms with Crippen LogP contribution in [0.5, 0.6) is 0 Å². The van der Waals surface area contributed by atoms with E-state index in [1.54, 1.807) is 0 Å². The summed E-state index contributed by atoms with van der Waals surface area (Å²) in [6.07, 6.45) is 5.28. The van der Waals surface area contributed by atoms with Crippen molar-refractivity contribution in [1.82, 2.24) is 15.2 Å². The number of nitrogens with zero attached hydrogens (tertiary/aromatic N) is 4. The zero-order chi connectivity index (χ0) is 16.1. The third-order valence-corrected chi connectivity index (χ3v) is 4.76. The Hall–Kier alpha value is -2.29. The molecular formula is C17H23N5O. The molecule has 2 aliphatic rings. The first-order valence-electron chi connectivity index (χ1n) is 8.37. The number of piperidine rings is 2. The minimum Gasteiger partial charge on any atom is -0.356 e. The SMILES string of the molecule is N#CC1CCN(C(=O)NC2CCN(c3ccccn3)CC2)CC1. The number of nitrogens with one attached hydrogen (secondary N) is 1. The van der Waals surface area contributed by atoms with Crippen LogP contribution in [-0.2, 0) is 0 Å². The second-order valence-electron chi connectivity index (χ2n) is 6.29. The van der Waals surface area contributed by atoms with Gasteiger partial charge in [-0.25, -0.2) is 9.78 Å². The highest BCUT2D eigenvalue weighted by molar-refractivity contribution is 5.74. The summed E-state index contributed by atoms with van der Waals surface area (Å²) in [5.74, 6) is 1.12. The summed E-state index contributed by atoms with van der Waals surface area (Å²) in [4.78, 5) is 20.8. The van der Waals surface area contributed by atoms with Crippen LogP contribution in [0.3, 0.4) is 0 Å². The van der Waals surface area contributed by atoms with Gasteiger partial charge < -0.3 is 15.1 Å². The fourth-order valence-electron chi connectivity index (χ4n) is 3.27. The number of carbonyl (C=O) groups excluding carboxylic acids is 1. The predicted octanol–water partition coefficient (Wildman–Crippen LogP) is 2.00. The molecule has 3 heterocycles. The Labute approximate surface area is 137 Å². The molecule has 0 spiro atoms. The molecule has 3 rings (SSSR count). The van der Waals surface area contributed by atoms with Gasteiger partial charge in [-0.15, -0.1) is 0 Å². The van der Waals surface area contributed by atoms with Crippen molar-refractivity contribution >= 4 is 11.8 Å². The van der Waals surface area contributed by atoms with Crippen molar-refractivity contribution in [1.29, 1.82) is 5.26 Å². The number of anilines is 1. The second-order valence-corrected chi connectivity index (χ2v) is 6.29. The van der Waals surface area contributed by atoms with Crippen LogP contribution >= 0.6 is 0 Å². The van der Waals surface area contributed by atoms with E-state index in [1.807, 2.05) is 29.3 Å². The first kappa shape index (κ1) is 15.6. The van der Waals surface area contributed by atoms with Gasteiger partial charge in [0.25, 0.3) is 0 Å². The van der Waals surface area contributed by atoms with E-state index < -0.39 is 0 Å². The molecule has 2 amide bonds. The first-order chi connectivity index (χ1) is 11.3. The number of rotatable bonds is 2. The molecule has 1 aromatic heterocycles. The lowest BCUT2D eigenvalue weighted by molar-refractivity contribution is 0.173. The van der Waals surface area contributed by atoms with E-state index in [0.29, 0.717) is 13.1 Å². The van der Waals surface area contributed by atoms with Gasteiger partial charge in [0.05, 0.1) is 6.07 Å². The van der Waals surface area contributed by atoms with Crippen LogP contribution in [0.25, 0.3) is 0 Å². The molecule has 0 aliphatic carbocycles. The lowest BCUT2D eigenvalue weighted by Gasteiger charge is -2.35. The molecule has 122 valence electrons. The van der Waals surface area contributed by atoms with Crippen LogP contribution in [0.2, 0.25) is 0 Å². The Kier molecular flexibility index (Phi) is 4.96. The molecule has 0 atom stereocenters. The first-order valence-corrected chi connectivity index (χ1v) is 8.37. The highest BCUT2D eigenvalue weighted by Crippen LogP contribution is 2.19. The standard InChI is InChI=1S/C17H23N5O/c18-13-14-4-9-22(10-5-14)17(23)20-15-6-11-21(12-7-15)16-3-1-2-8-19-16/h1-3,8,14-15H,4-7,9-12H2,(H,20,23). The number of carbonyl (C=O) groups is 1. The topological polar surface area (TPSA) is 72.3 Å². The van der Waals surface area contributed by atoms with E-state index in [0.717, 1.165) is 44.6 Å². The second kappa shape index (κ2) is 7.32. The molecule has 1 aromatic rings. The zero-order valence-electron chi connectivity index (χ0n) is 13.3. The molecule has 0 aromatic carbocycles. The Morgan fingerprint density at radius 3 is 2.52 bits per heavy atom. The summed E-state index contributed by atoms with van der Waals surface area (Å²) in [5.41, 5.74) is 0. The minimum absolute atomic E-state index is 0.0256. The van der Waals surface area contributed by atoms with Crippen LogP contribution in [0.4, 0.5) is 10.6 Å². The van der Waals surface area contributed by atoms with Gasteiger partial charge in [-0.2, -0.15) is 5.26 Å². The fourth-order valence-corrected chi connectivity index (χ4v) is 3.27. The summed E-state index contributed by atoms with van der Waals surface area (Å²) in [5, 5.41) is 12.1. The molecule has 2 saturated heterocycles. The summed E-state index contributed by atoms with van der Waals surface area (Å²) in [6, 6.07) is 8.50. The number of likely N-dealkylation sites (tertiary alicyclic amines) is 1. The van der Waals surface area contributed by atoms with E-state index in [-0.39, 0.29) is 18.0 Å². The third-order valence-electron chi connectivity index (χ3n) is 4.76. The molecule has 23 heavy (non-hydrogen) atoms. The van der Waals surface area contributed by atoms with E-state index in [2.05, 4.69) is 21.3 Å². The largest absolute Gasteiger partial charge is 0.356 e. The molecule has 0 saturated carbocycles. The zero-order valence-corrected chi connectivity index (χ0v) is 13.3. The number of urea groups is 1. The van der Waals surface area contributed by atoms with Crippen LogP contribution in [0, 0.1) is 17.2 Å². The van der Waals surface area contributed by atoms with Gasteiger partial charge in [0.2, 0.25) is 0 Å². The van der Waals surface area contributed by atoms with Gasteiger partial charge in [0.15, 0.2) is 0 Å². The number of aromatic nitrogens is 1. The van der Waals surface area contributed by atoms with Gasteiger partial charge >= 0.3 is 6.03 Å². The minimum atomic E-state index is 0.0256. The number of hydrogen-bond acceptors (Lipinski definition) is 4. The quantitative estimate of drug-likeness (QED) is 0.906. The van der Waals surface area contributed by atoms with Crippen LogP contribution < -0.4 is 10.2 Å². The highest BCUT2D eigenvalue weighted by atomic mass is 16.2. The van der Waals surface area contributed by atoms with Gasteiger partial charge in [0.1, 0.15) is 5.82 Å². The lowest BCUT2D eigenvalue weighted by atomic mass is 9.99. The maximum Gasteiger partial charge on any atom is 0.317 e. The molecule has 0 bridgehead atoms. The molecule has 6 nitrogen and oxygen atoms in total. The summed E-state index contributed by atoms with van der Waals surface area (Å²) < 4.78 is 0. The maximum absolute atomic E-state index is 12.3. The van der Waals surface area contributed by atoms with E-state index in [4.69, 9.17) is 5.26 Å². The van der Waals surface area contributed by atoms with Gasteiger partial charge in [-0.05, 0) is 37.8 Å². The number of amides is 2. The Morgan fingerprint density at radius 2 is 1.91 bits per heavy atom. The van der Waals surface area contributed by atoms with E-state index in [9.17, 15) is 4.79 Å². The molecular weight excluding hydrogens is 290 g/mol. The molecule has 2 fully saturated rings. The van der Waals surface area contributed by atoms with E-state index in [1.165, 1.54) is 0 Å². The van der Waals surface area contributed by atoms with Crippen molar-refractivity contribution in [3.8, 4) is 6.07 Å². The van der Waals surface area contributed by atoms with Gasteiger partial charge in [-0.1, -0.05) is 6.07 Å². The normalized spacial score (nSPS) is 20.1. The molecule has 1 N–H and O–H groups in total. The van der Waals surface area contributed by atoms with Crippen molar-refractivity contribution in [2.24, 2.45) is 5.92 Å². The summed E-state index contributed by atoms with van der Waals surface area (Å²) >= 11 is 0. The molecule has 2 aliphatic heterocycles. The summed E-state index contributed by atoms with van der Waals surface area (Å²) in [7, 11) is 0.